The van der Waals surface area contributed by atoms with Crippen LogP contribution in [0.2, 0.25) is 0 Å². The summed E-state index contributed by atoms with van der Waals surface area (Å²) < 4.78 is 12.9. The quantitative estimate of drug-likeness (QED) is 0.809. The van der Waals surface area contributed by atoms with Crippen LogP contribution in [0.5, 0.6) is 0 Å². The Morgan fingerprint density at radius 3 is 2.63 bits per heavy atom. The average Bonchev–Trinajstić information content (AvgIpc) is 3.20. The lowest BCUT2D eigenvalue weighted by molar-refractivity contribution is -0.134. The highest BCUT2D eigenvalue weighted by molar-refractivity contribution is 6.03. The molecule has 1 atom stereocenters. The van der Waals surface area contributed by atoms with Gasteiger partial charge in [-0.25, -0.2) is 0 Å². The van der Waals surface area contributed by atoms with Crippen molar-refractivity contribution in [1.82, 2.24) is 14.8 Å². The summed E-state index contributed by atoms with van der Waals surface area (Å²) in [5.41, 5.74) is 1.14. The maximum Gasteiger partial charge on any atom is 0.271 e. The fraction of sp³-hybridized carbons (Fsp3) is 0.652. The van der Waals surface area contributed by atoms with E-state index in [0.29, 0.717) is 31.0 Å². The maximum atomic E-state index is 13.6. The number of nitrogens with zero attached hydrogens (tertiary/aromatic N) is 2. The molecule has 0 aromatic carbocycles. The molecule has 4 rings (SSSR count). The largest absolute Gasteiger partial charge is 0.460 e. The molecule has 1 N–H and O–H groups in total. The first-order valence-corrected chi connectivity index (χ1v) is 11.2. The van der Waals surface area contributed by atoms with E-state index in [4.69, 9.17) is 9.15 Å². The van der Waals surface area contributed by atoms with E-state index >= 15 is 0 Å². The number of nitrogens with one attached hydrogen (secondary N) is 1. The molecule has 30 heavy (non-hydrogen) atoms. The molecule has 2 aromatic rings. The zero-order valence-corrected chi connectivity index (χ0v) is 18.3. The zero-order chi connectivity index (χ0) is 21.3. The molecule has 0 bridgehead atoms. The van der Waals surface area contributed by atoms with Crippen LogP contribution in [0.15, 0.2) is 16.5 Å². The van der Waals surface area contributed by atoms with E-state index in [0.717, 1.165) is 37.0 Å². The van der Waals surface area contributed by atoms with Gasteiger partial charge in [0.1, 0.15) is 17.0 Å². The molecule has 0 spiro atoms. The molecule has 1 fully saturated rings. The van der Waals surface area contributed by atoms with Crippen LogP contribution in [-0.2, 0) is 16.1 Å². The van der Waals surface area contributed by atoms with Gasteiger partial charge in [0.25, 0.3) is 5.91 Å². The standard InChI is InChI=1S/C23H33N3O4/c1-16-13-18-20(30-16)14-19-21(27)26(11-12-29-3)23(2,15-25(18)19)22(28)24-17-9-7-5-4-6-8-10-17/h13-14,17H,4-12,15H2,1-3H3,(H,24,28). The SMILES string of the molecule is COCCN1C(=O)c2cc3oc(C)cc3n2CC1(C)C(=O)NC1CCCCCCC1. The van der Waals surface area contributed by atoms with E-state index in [2.05, 4.69) is 5.32 Å². The minimum absolute atomic E-state index is 0.0785. The predicted molar refractivity (Wildman–Crippen MR) is 115 cm³/mol. The third-order valence-electron chi connectivity index (χ3n) is 6.69. The van der Waals surface area contributed by atoms with Crippen molar-refractivity contribution >= 4 is 22.9 Å². The summed E-state index contributed by atoms with van der Waals surface area (Å²) in [5.74, 6) is 0.563. The topological polar surface area (TPSA) is 76.7 Å². The van der Waals surface area contributed by atoms with Gasteiger partial charge in [0.05, 0.1) is 18.7 Å². The summed E-state index contributed by atoms with van der Waals surface area (Å²) in [6.07, 6.45) is 8.05. The van der Waals surface area contributed by atoms with Crippen molar-refractivity contribution in [3.05, 3.63) is 23.6 Å². The Hall–Kier alpha value is -2.28. The molecule has 2 aromatic heterocycles. The second kappa shape index (κ2) is 8.46. The number of fused-ring (bicyclic) bond motifs is 3. The van der Waals surface area contributed by atoms with Crippen molar-refractivity contribution in [2.75, 3.05) is 20.3 Å². The Kier molecular flexibility index (Phi) is 5.91. The van der Waals surface area contributed by atoms with Gasteiger partial charge in [-0.1, -0.05) is 32.1 Å². The summed E-state index contributed by atoms with van der Waals surface area (Å²) in [6.45, 7) is 4.92. The minimum atomic E-state index is -0.984. The lowest BCUT2D eigenvalue weighted by Crippen LogP contribution is -2.65. The monoisotopic (exact) mass is 415 g/mol. The number of amides is 2. The summed E-state index contributed by atoms with van der Waals surface area (Å²) in [5, 5.41) is 3.29. The van der Waals surface area contributed by atoms with Gasteiger partial charge in [-0.15, -0.1) is 0 Å². The van der Waals surface area contributed by atoms with Gasteiger partial charge in [0.15, 0.2) is 5.58 Å². The first-order valence-electron chi connectivity index (χ1n) is 11.2. The number of carbonyl (C=O) groups is 2. The average molecular weight is 416 g/mol. The maximum absolute atomic E-state index is 13.6. The Balaban J connectivity index is 1.65. The van der Waals surface area contributed by atoms with Crippen LogP contribution in [-0.4, -0.2) is 53.1 Å². The second-order valence-electron chi connectivity index (χ2n) is 8.96. The van der Waals surface area contributed by atoms with Gasteiger partial charge in [0, 0.05) is 31.8 Å². The molecular weight excluding hydrogens is 382 g/mol. The number of methoxy groups -OCH3 is 1. The Morgan fingerprint density at radius 1 is 1.23 bits per heavy atom. The highest BCUT2D eigenvalue weighted by Gasteiger charge is 2.48. The molecule has 0 radical (unpaired) electrons. The Morgan fingerprint density at radius 2 is 1.93 bits per heavy atom. The van der Waals surface area contributed by atoms with E-state index in [1.54, 1.807) is 18.1 Å². The zero-order valence-electron chi connectivity index (χ0n) is 18.3. The van der Waals surface area contributed by atoms with Gasteiger partial charge in [-0.2, -0.15) is 0 Å². The van der Waals surface area contributed by atoms with Crippen molar-refractivity contribution in [2.24, 2.45) is 0 Å². The summed E-state index contributed by atoms with van der Waals surface area (Å²) >= 11 is 0. The Bertz CT molecular complexity index is 922. The smallest absolute Gasteiger partial charge is 0.271 e. The van der Waals surface area contributed by atoms with Crippen LogP contribution in [0.25, 0.3) is 11.1 Å². The molecule has 2 amide bonds. The first-order chi connectivity index (χ1) is 14.4. The number of carbonyl (C=O) groups excluding carboxylic acids is 2. The van der Waals surface area contributed by atoms with Gasteiger partial charge >= 0.3 is 0 Å². The molecule has 3 heterocycles. The number of furan rings is 1. The fourth-order valence-electron chi connectivity index (χ4n) is 4.93. The van der Waals surface area contributed by atoms with Crippen LogP contribution in [0, 0.1) is 6.92 Å². The molecule has 1 aliphatic heterocycles. The lowest BCUT2D eigenvalue weighted by atomic mass is 9.92. The number of aryl methyl sites for hydroxylation is 1. The van der Waals surface area contributed by atoms with E-state index in [9.17, 15) is 9.59 Å². The van der Waals surface area contributed by atoms with Crippen molar-refractivity contribution in [3.8, 4) is 0 Å². The highest BCUT2D eigenvalue weighted by Crippen LogP contribution is 2.33. The molecule has 7 heteroatoms. The van der Waals surface area contributed by atoms with Crippen molar-refractivity contribution < 1.29 is 18.7 Å². The molecule has 7 nitrogen and oxygen atoms in total. The molecule has 2 aliphatic rings. The third-order valence-corrected chi connectivity index (χ3v) is 6.69. The number of aromatic nitrogens is 1. The lowest BCUT2D eigenvalue weighted by Gasteiger charge is -2.44. The molecular formula is C23H33N3O4. The van der Waals surface area contributed by atoms with Crippen LogP contribution >= 0.6 is 0 Å². The number of rotatable bonds is 5. The fourth-order valence-corrected chi connectivity index (χ4v) is 4.93. The summed E-state index contributed by atoms with van der Waals surface area (Å²) in [6, 6.07) is 3.90. The molecule has 1 saturated carbocycles. The van der Waals surface area contributed by atoms with Crippen LogP contribution in [0.1, 0.15) is 68.1 Å². The van der Waals surface area contributed by atoms with E-state index in [-0.39, 0.29) is 17.9 Å². The van der Waals surface area contributed by atoms with Crippen molar-refractivity contribution in [2.45, 2.75) is 76.9 Å². The summed E-state index contributed by atoms with van der Waals surface area (Å²) in [4.78, 5) is 28.7. The minimum Gasteiger partial charge on any atom is -0.460 e. The van der Waals surface area contributed by atoms with E-state index in [1.807, 2.05) is 24.5 Å². The predicted octanol–water partition coefficient (Wildman–Crippen LogP) is 3.63. The van der Waals surface area contributed by atoms with Crippen LogP contribution < -0.4 is 5.32 Å². The Labute approximate surface area is 177 Å². The van der Waals surface area contributed by atoms with Gasteiger partial charge < -0.3 is 23.9 Å². The highest BCUT2D eigenvalue weighted by atomic mass is 16.5. The molecule has 1 unspecified atom stereocenters. The van der Waals surface area contributed by atoms with E-state index < -0.39 is 5.54 Å². The van der Waals surface area contributed by atoms with Gasteiger partial charge in [-0.05, 0) is 26.7 Å². The number of hydrogen-bond donors (Lipinski definition) is 1. The van der Waals surface area contributed by atoms with Gasteiger partial charge in [-0.3, -0.25) is 9.59 Å². The van der Waals surface area contributed by atoms with E-state index in [1.165, 1.54) is 19.3 Å². The van der Waals surface area contributed by atoms with Crippen molar-refractivity contribution in [1.29, 1.82) is 0 Å². The molecule has 164 valence electrons. The first kappa shape index (κ1) is 21.0. The molecule has 1 aliphatic carbocycles. The van der Waals surface area contributed by atoms with Crippen LogP contribution in [0.4, 0.5) is 0 Å². The van der Waals surface area contributed by atoms with Gasteiger partial charge in [0.2, 0.25) is 5.91 Å². The normalized spacial score (nSPS) is 23.3. The molecule has 0 saturated heterocycles. The second-order valence-corrected chi connectivity index (χ2v) is 8.96. The van der Waals surface area contributed by atoms with Crippen LogP contribution in [0.3, 0.4) is 0 Å². The number of ether oxygens (including phenoxy) is 1. The summed E-state index contributed by atoms with van der Waals surface area (Å²) in [7, 11) is 1.61. The third kappa shape index (κ3) is 3.75. The number of hydrogen-bond acceptors (Lipinski definition) is 4. The van der Waals surface area contributed by atoms with Crippen molar-refractivity contribution in [3.63, 3.8) is 0 Å².